The van der Waals surface area contributed by atoms with Gasteiger partial charge in [-0.05, 0) is 19.9 Å². The number of thioether (sulfide) groups is 1. The predicted molar refractivity (Wildman–Crippen MR) is 64.7 cm³/mol. The highest BCUT2D eigenvalue weighted by Crippen LogP contribution is 2.20. The highest BCUT2D eigenvalue weighted by molar-refractivity contribution is 7.98. The van der Waals surface area contributed by atoms with Crippen LogP contribution < -0.4 is 0 Å². The van der Waals surface area contributed by atoms with E-state index in [1.54, 1.807) is 11.8 Å². The number of hydrogen-bond donors (Lipinski definition) is 0. The van der Waals surface area contributed by atoms with Crippen LogP contribution in [-0.2, 0) is 12.2 Å². The Labute approximate surface area is 104 Å². The van der Waals surface area contributed by atoms with Gasteiger partial charge in [0.2, 0.25) is 5.89 Å². The molecule has 2 aromatic rings. The van der Waals surface area contributed by atoms with Gasteiger partial charge in [-0.1, -0.05) is 23.8 Å². The zero-order valence-electron chi connectivity index (χ0n) is 10.1. The molecule has 0 aliphatic heterocycles. The van der Waals surface area contributed by atoms with E-state index in [-0.39, 0.29) is 0 Å². The fourth-order valence-corrected chi connectivity index (χ4v) is 2.22. The minimum absolute atomic E-state index is 0.640. The summed E-state index contributed by atoms with van der Waals surface area (Å²) < 4.78 is 5.11. The van der Waals surface area contributed by atoms with Gasteiger partial charge in [0.1, 0.15) is 10.9 Å². The van der Waals surface area contributed by atoms with Gasteiger partial charge in [0, 0.05) is 12.1 Å². The lowest BCUT2D eigenvalue weighted by molar-refractivity contribution is 0.385. The van der Waals surface area contributed by atoms with Gasteiger partial charge in [-0.2, -0.15) is 4.98 Å². The van der Waals surface area contributed by atoms with Crippen LogP contribution in [0.1, 0.15) is 30.2 Å². The molecule has 2 rings (SSSR count). The third-order valence-corrected chi connectivity index (χ3v) is 3.01. The molecule has 2 heterocycles. The standard InChI is InChI=1S/C11H14N4OS/c1-4-9-14-10(16-15-9)6-17-11-5-7(2)12-8(3)13-11/h5H,4,6H2,1-3H3. The lowest BCUT2D eigenvalue weighted by Crippen LogP contribution is -1.93. The van der Waals surface area contributed by atoms with Crippen LogP contribution in [0.15, 0.2) is 15.6 Å². The Balaban J connectivity index is 2.01. The predicted octanol–water partition coefficient (Wildman–Crippen LogP) is 2.33. The smallest absolute Gasteiger partial charge is 0.237 e. The maximum atomic E-state index is 5.11. The Morgan fingerprint density at radius 2 is 2.06 bits per heavy atom. The van der Waals surface area contributed by atoms with Crippen LogP contribution in [0.5, 0.6) is 0 Å². The fourth-order valence-electron chi connectivity index (χ4n) is 1.38. The van der Waals surface area contributed by atoms with Crippen molar-refractivity contribution in [2.45, 2.75) is 38.0 Å². The van der Waals surface area contributed by atoms with Crippen LogP contribution in [0.3, 0.4) is 0 Å². The van der Waals surface area contributed by atoms with Crippen molar-refractivity contribution >= 4 is 11.8 Å². The zero-order chi connectivity index (χ0) is 12.3. The van der Waals surface area contributed by atoms with E-state index >= 15 is 0 Å². The summed E-state index contributed by atoms with van der Waals surface area (Å²) >= 11 is 1.58. The Morgan fingerprint density at radius 1 is 1.24 bits per heavy atom. The van der Waals surface area contributed by atoms with Gasteiger partial charge in [-0.25, -0.2) is 9.97 Å². The molecule has 0 aromatic carbocycles. The summed E-state index contributed by atoms with van der Waals surface area (Å²) in [5.74, 6) is 2.81. The Morgan fingerprint density at radius 3 is 2.71 bits per heavy atom. The fraction of sp³-hybridized carbons (Fsp3) is 0.455. The minimum Gasteiger partial charge on any atom is -0.338 e. The van der Waals surface area contributed by atoms with Crippen LogP contribution in [0.25, 0.3) is 0 Å². The maximum absolute atomic E-state index is 5.11. The van der Waals surface area contributed by atoms with Crippen molar-refractivity contribution in [1.82, 2.24) is 20.1 Å². The highest BCUT2D eigenvalue weighted by Gasteiger charge is 2.06. The minimum atomic E-state index is 0.640. The summed E-state index contributed by atoms with van der Waals surface area (Å²) in [4.78, 5) is 12.8. The molecular formula is C11H14N4OS. The van der Waals surface area contributed by atoms with Gasteiger partial charge in [0.15, 0.2) is 5.82 Å². The molecule has 0 unspecified atom stereocenters. The molecule has 0 amide bonds. The van der Waals surface area contributed by atoms with Crippen molar-refractivity contribution in [2.24, 2.45) is 0 Å². The molecule has 0 fully saturated rings. The van der Waals surface area contributed by atoms with Crippen molar-refractivity contribution in [3.05, 3.63) is 29.3 Å². The number of nitrogens with zero attached hydrogens (tertiary/aromatic N) is 4. The Bertz CT molecular complexity index is 492. The molecule has 0 bridgehead atoms. The molecule has 90 valence electrons. The van der Waals surface area contributed by atoms with Gasteiger partial charge in [0.05, 0.1) is 5.75 Å². The zero-order valence-corrected chi connectivity index (χ0v) is 10.9. The summed E-state index contributed by atoms with van der Waals surface area (Å²) in [5.41, 5.74) is 0.972. The van der Waals surface area contributed by atoms with Crippen LogP contribution in [0.4, 0.5) is 0 Å². The van der Waals surface area contributed by atoms with E-state index in [9.17, 15) is 0 Å². The van der Waals surface area contributed by atoms with E-state index in [0.29, 0.717) is 11.6 Å². The molecule has 2 aromatic heterocycles. The lowest BCUT2D eigenvalue weighted by atomic mass is 10.4. The summed E-state index contributed by atoms with van der Waals surface area (Å²) in [6, 6.07) is 1.95. The summed E-state index contributed by atoms with van der Waals surface area (Å²) in [5, 5.41) is 4.79. The Kier molecular flexibility index (Phi) is 3.73. The molecule has 0 spiro atoms. The first-order chi connectivity index (χ1) is 8.17. The summed E-state index contributed by atoms with van der Waals surface area (Å²) in [7, 11) is 0. The first-order valence-corrected chi connectivity index (χ1v) is 6.42. The first-order valence-electron chi connectivity index (χ1n) is 5.44. The molecule has 0 aliphatic carbocycles. The van der Waals surface area contributed by atoms with Crippen molar-refractivity contribution in [2.75, 3.05) is 0 Å². The molecule has 5 nitrogen and oxygen atoms in total. The topological polar surface area (TPSA) is 64.7 Å². The lowest BCUT2D eigenvalue weighted by Gasteiger charge is -2.00. The molecule has 0 radical (unpaired) electrons. The van der Waals surface area contributed by atoms with Gasteiger partial charge >= 0.3 is 0 Å². The average molecular weight is 250 g/mol. The largest absolute Gasteiger partial charge is 0.338 e. The molecular weight excluding hydrogens is 236 g/mol. The SMILES string of the molecule is CCc1noc(CSc2cc(C)nc(C)n2)n1. The molecule has 0 N–H and O–H groups in total. The maximum Gasteiger partial charge on any atom is 0.237 e. The van der Waals surface area contributed by atoms with Crippen LogP contribution in [0.2, 0.25) is 0 Å². The van der Waals surface area contributed by atoms with E-state index in [1.165, 1.54) is 0 Å². The van der Waals surface area contributed by atoms with Crippen LogP contribution >= 0.6 is 11.8 Å². The van der Waals surface area contributed by atoms with E-state index in [1.807, 2.05) is 26.8 Å². The van der Waals surface area contributed by atoms with Gasteiger partial charge in [-0.15, -0.1) is 0 Å². The van der Waals surface area contributed by atoms with Crippen LogP contribution in [-0.4, -0.2) is 20.1 Å². The highest BCUT2D eigenvalue weighted by atomic mass is 32.2. The molecule has 0 aliphatic rings. The van der Waals surface area contributed by atoms with E-state index < -0.39 is 0 Å². The van der Waals surface area contributed by atoms with Gasteiger partial charge in [0.25, 0.3) is 0 Å². The number of aryl methyl sites for hydroxylation is 3. The summed E-state index contributed by atoms with van der Waals surface area (Å²) in [6.45, 7) is 5.85. The van der Waals surface area contributed by atoms with E-state index in [2.05, 4.69) is 20.1 Å². The van der Waals surface area contributed by atoms with Crippen molar-refractivity contribution < 1.29 is 4.52 Å². The monoisotopic (exact) mass is 250 g/mol. The second-order valence-corrected chi connectivity index (χ2v) is 4.64. The van der Waals surface area contributed by atoms with Crippen molar-refractivity contribution in [3.8, 4) is 0 Å². The van der Waals surface area contributed by atoms with Crippen molar-refractivity contribution in [1.29, 1.82) is 0 Å². The van der Waals surface area contributed by atoms with Crippen molar-refractivity contribution in [3.63, 3.8) is 0 Å². The summed E-state index contributed by atoms with van der Waals surface area (Å²) in [6.07, 6.45) is 0.792. The quantitative estimate of drug-likeness (QED) is 0.613. The normalized spacial score (nSPS) is 10.8. The third-order valence-electron chi connectivity index (χ3n) is 2.11. The first kappa shape index (κ1) is 12.0. The second kappa shape index (κ2) is 5.27. The van der Waals surface area contributed by atoms with E-state index in [0.717, 1.165) is 28.8 Å². The number of hydrogen-bond acceptors (Lipinski definition) is 6. The van der Waals surface area contributed by atoms with Gasteiger partial charge in [-0.3, -0.25) is 0 Å². The molecule has 0 atom stereocenters. The molecule has 17 heavy (non-hydrogen) atoms. The molecule has 6 heteroatoms. The van der Waals surface area contributed by atoms with Crippen LogP contribution in [0, 0.1) is 13.8 Å². The molecule has 0 saturated carbocycles. The third kappa shape index (κ3) is 3.26. The number of rotatable bonds is 4. The molecule has 0 saturated heterocycles. The number of aromatic nitrogens is 4. The Hall–Kier alpha value is -1.43. The van der Waals surface area contributed by atoms with E-state index in [4.69, 9.17) is 4.52 Å². The van der Waals surface area contributed by atoms with Gasteiger partial charge < -0.3 is 4.52 Å². The average Bonchev–Trinajstić information content (AvgIpc) is 2.73. The second-order valence-electron chi connectivity index (χ2n) is 3.64.